The lowest BCUT2D eigenvalue weighted by Gasteiger charge is -2.37. The second-order valence-electron chi connectivity index (χ2n) is 6.01. The lowest BCUT2D eigenvalue weighted by Crippen LogP contribution is -2.51. The highest BCUT2D eigenvalue weighted by atomic mass is 16.5. The van der Waals surface area contributed by atoms with Crippen LogP contribution in [0.4, 0.5) is 5.69 Å². The normalized spacial score (nSPS) is 25.4. The molecule has 0 bridgehead atoms. The number of nitrogens with one attached hydrogen (secondary N) is 1. The van der Waals surface area contributed by atoms with Crippen LogP contribution in [-0.4, -0.2) is 29.1 Å². The first kappa shape index (κ1) is 15.6. The molecule has 1 aromatic rings. The summed E-state index contributed by atoms with van der Waals surface area (Å²) in [6, 6.07) is 1.61. The highest BCUT2D eigenvalue weighted by Crippen LogP contribution is 2.32. The summed E-state index contributed by atoms with van der Waals surface area (Å²) in [4.78, 5) is 24.0. The number of anilines is 1. The molecule has 0 spiro atoms. The van der Waals surface area contributed by atoms with Crippen LogP contribution >= 0.6 is 0 Å². The van der Waals surface area contributed by atoms with E-state index in [-0.39, 0.29) is 11.8 Å². The fraction of sp³-hybridized carbons (Fsp3) is 0.600. The quantitative estimate of drug-likeness (QED) is 0.830. The summed E-state index contributed by atoms with van der Waals surface area (Å²) < 4.78 is 6.32. The molecule has 6 heteroatoms. The average molecular weight is 293 g/mol. The Morgan fingerprint density at radius 2 is 2.19 bits per heavy atom. The minimum Gasteiger partial charge on any atom is -0.464 e. The molecule has 0 aliphatic heterocycles. The summed E-state index contributed by atoms with van der Waals surface area (Å²) in [6.07, 6.45) is 5.44. The number of methoxy groups -OCH3 is 1. The van der Waals surface area contributed by atoms with Crippen LogP contribution in [0.25, 0.3) is 0 Å². The van der Waals surface area contributed by atoms with Gasteiger partial charge in [0.2, 0.25) is 5.91 Å². The van der Waals surface area contributed by atoms with Gasteiger partial charge in [0.25, 0.3) is 0 Å². The molecular weight excluding hydrogens is 270 g/mol. The standard InChI is InChI=1S/C15H23N3O3/c1-15(16)7-5-4-6-11(15)13(19)17-10-8-12(14(20)21-3)18(2)9-10/h8-9,11H,4-7,16H2,1-3H3,(H,17,19). The third-order valence-electron chi connectivity index (χ3n) is 4.24. The Hall–Kier alpha value is -1.82. The highest BCUT2D eigenvalue weighted by molar-refractivity contribution is 5.95. The van der Waals surface area contributed by atoms with E-state index in [1.54, 1.807) is 23.9 Å². The molecule has 2 rings (SSSR count). The zero-order chi connectivity index (χ0) is 15.6. The molecule has 2 unspecified atom stereocenters. The van der Waals surface area contributed by atoms with Crippen LogP contribution in [0.5, 0.6) is 0 Å². The number of amides is 1. The van der Waals surface area contributed by atoms with E-state index in [1.165, 1.54) is 7.11 Å². The van der Waals surface area contributed by atoms with Gasteiger partial charge in [0.1, 0.15) is 5.69 Å². The molecule has 1 aliphatic rings. The van der Waals surface area contributed by atoms with Gasteiger partial charge in [-0.2, -0.15) is 0 Å². The number of nitrogens with zero attached hydrogens (tertiary/aromatic N) is 1. The van der Waals surface area contributed by atoms with Crippen LogP contribution in [0.3, 0.4) is 0 Å². The predicted molar refractivity (Wildman–Crippen MR) is 79.9 cm³/mol. The van der Waals surface area contributed by atoms with Crippen molar-refractivity contribution >= 4 is 17.6 Å². The molecule has 1 fully saturated rings. The lowest BCUT2D eigenvalue weighted by atomic mass is 9.74. The van der Waals surface area contributed by atoms with Crippen molar-refractivity contribution in [3.05, 3.63) is 18.0 Å². The van der Waals surface area contributed by atoms with Crippen molar-refractivity contribution in [2.45, 2.75) is 38.1 Å². The third kappa shape index (κ3) is 3.26. The Kier molecular flexibility index (Phi) is 4.37. The Labute approximate surface area is 124 Å². The van der Waals surface area contributed by atoms with Gasteiger partial charge in [-0.05, 0) is 25.8 Å². The van der Waals surface area contributed by atoms with E-state index in [0.29, 0.717) is 11.4 Å². The van der Waals surface area contributed by atoms with E-state index in [2.05, 4.69) is 5.32 Å². The Bertz CT molecular complexity index is 548. The van der Waals surface area contributed by atoms with E-state index in [4.69, 9.17) is 10.5 Å². The van der Waals surface area contributed by atoms with Crippen LogP contribution in [0.15, 0.2) is 12.3 Å². The van der Waals surface area contributed by atoms with Crippen molar-refractivity contribution in [1.82, 2.24) is 4.57 Å². The van der Waals surface area contributed by atoms with Gasteiger partial charge in [0, 0.05) is 18.8 Å². The maximum Gasteiger partial charge on any atom is 0.354 e. The molecule has 2 atom stereocenters. The molecule has 0 radical (unpaired) electrons. The molecule has 116 valence electrons. The van der Waals surface area contributed by atoms with Crippen LogP contribution in [0.1, 0.15) is 43.1 Å². The predicted octanol–water partition coefficient (Wildman–Crippen LogP) is 1.66. The monoisotopic (exact) mass is 293 g/mol. The highest BCUT2D eigenvalue weighted by Gasteiger charge is 2.37. The van der Waals surface area contributed by atoms with Gasteiger partial charge in [-0.1, -0.05) is 12.8 Å². The fourth-order valence-corrected chi connectivity index (χ4v) is 2.96. The number of aryl methyl sites for hydroxylation is 1. The molecule has 1 amide bonds. The number of aromatic nitrogens is 1. The number of ether oxygens (including phenoxy) is 1. The van der Waals surface area contributed by atoms with Gasteiger partial charge in [0.05, 0.1) is 18.7 Å². The lowest BCUT2D eigenvalue weighted by molar-refractivity contribution is -0.122. The maximum atomic E-state index is 12.4. The minimum atomic E-state index is -0.470. The molecular formula is C15H23N3O3. The number of nitrogens with two attached hydrogens (primary N) is 1. The molecule has 1 saturated carbocycles. The maximum absolute atomic E-state index is 12.4. The first-order chi connectivity index (χ1) is 9.85. The van der Waals surface area contributed by atoms with Gasteiger partial charge in [0.15, 0.2) is 0 Å². The van der Waals surface area contributed by atoms with Gasteiger partial charge < -0.3 is 20.4 Å². The van der Waals surface area contributed by atoms with Gasteiger partial charge in [-0.3, -0.25) is 4.79 Å². The molecule has 1 aliphatic carbocycles. The number of hydrogen-bond donors (Lipinski definition) is 2. The SMILES string of the molecule is COC(=O)c1cc(NC(=O)C2CCCCC2(C)N)cn1C. The summed E-state index contributed by atoms with van der Waals surface area (Å²) in [7, 11) is 3.06. The molecule has 21 heavy (non-hydrogen) atoms. The van der Waals surface area contributed by atoms with Crippen molar-refractivity contribution in [2.75, 3.05) is 12.4 Å². The number of carbonyl (C=O) groups is 2. The van der Waals surface area contributed by atoms with E-state index >= 15 is 0 Å². The van der Waals surface area contributed by atoms with E-state index in [0.717, 1.165) is 25.7 Å². The second kappa shape index (κ2) is 5.89. The first-order valence-electron chi connectivity index (χ1n) is 7.19. The number of rotatable bonds is 3. The summed E-state index contributed by atoms with van der Waals surface area (Å²) in [5.74, 6) is -0.714. The number of esters is 1. The minimum absolute atomic E-state index is 0.0817. The smallest absolute Gasteiger partial charge is 0.354 e. The number of hydrogen-bond acceptors (Lipinski definition) is 4. The summed E-state index contributed by atoms with van der Waals surface area (Å²) in [6.45, 7) is 1.93. The van der Waals surface area contributed by atoms with Gasteiger partial charge in [-0.15, -0.1) is 0 Å². The molecule has 1 heterocycles. The zero-order valence-electron chi connectivity index (χ0n) is 12.8. The molecule has 3 N–H and O–H groups in total. The molecule has 1 aromatic heterocycles. The fourth-order valence-electron chi connectivity index (χ4n) is 2.96. The number of carbonyl (C=O) groups excluding carboxylic acids is 2. The largest absolute Gasteiger partial charge is 0.464 e. The van der Waals surface area contributed by atoms with Crippen molar-refractivity contribution < 1.29 is 14.3 Å². The van der Waals surface area contributed by atoms with E-state index in [9.17, 15) is 9.59 Å². The van der Waals surface area contributed by atoms with Gasteiger partial charge in [-0.25, -0.2) is 4.79 Å². The van der Waals surface area contributed by atoms with Crippen LogP contribution < -0.4 is 11.1 Å². The third-order valence-corrected chi connectivity index (χ3v) is 4.24. The molecule has 0 saturated heterocycles. The second-order valence-corrected chi connectivity index (χ2v) is 6.01. The summed E-state index contributed by atoms with van der Waals surface area (Å²) >= 11 is 0. The van der Waals surface area contributed by atoms with Crippen molar-refractivity contribution in [1.29, 1.82) is 0 Å². The Morgan fingerprint density at radius 1 is 1.48 bits per heavy atom. The Balaban J connectivity index is 2.11. The molecule has 6 nitrogen and oxygen atoms in total. The van der Waals surface area contributed by atoms with Crippen LogP contribution in [0, 0.1) is 5.92 Å². The van der Waals surface area contributed by atoms with Crippen LogP contribution in [-0.2, 0) is 16.6 Å². The van der Waals surface area contributed by atoms with Crippen molar-refractivity contribution in [3.63, 3.8) is 0 Å². The van der Waals surface area contributed by atoms with Gasteiger partial charge >= 0.3 is 5.97 Å². The van der Waals surface area contributed by atoms with E-state index in [1.807, 2.05) is 6.92 Å². The zero-order valence-corrected chi connectivity index (χ0v) is 12.8. The van der Waals surface area contributed by atoms with Crippen molar-refractivity contribution in [2.24, 2.45) is 18.7 Å². The van der Waals surface area contributed by atoms with E-state index < -0.39 is 11.5 Å². The summed E-state index contributed by atoms with van der Waals surface area (Å²) in [5.41, 5.74) is 6.75. The topological polar surface area (TPSA) is 86.3 Å². The summed E-state index contributed by atoms with van der Waals surface area (Å²) in [5, 5.41) is 2.86. The Morgan fingerprint density at radius 3 is 2.81 bits per heavy atom. The average Bonchev–Trinajstić information content (AvgIpc) is 2.78. The van der Waals surface area contributed by atoms with Crippen molar-refractivity contribution in [3.8, 4) is 0 Å². The first-order valence-corrected chi connectivity index (χ1v) is 7.19. The van der Waals surface area contributed by atoms with Crippen LogP contribution in [0.2, 0.25) is 0 Å². The molecule has 0 aromatic carbocycles.